The van der Waals surface area contributed by atoms with Crippen molar-refractivity contribution < 1.29 is 4.79 Å². The molecule has 84 valence electrons. The highest BCUT2D eigenvalue weighted by atomic mass is 32.1. The number of anilines is 1. The number of hydrogen-bond acceptors (Lipinski definition) is 2. The number of benzene rings is 1. The number of hydrogen-bond donors (Lipinski definition) is 2. The normalized spacial score (nSPS) is 9.31. The summed E-state index contributed by atoms with van der Waals surface area (Å²) in [6.07, 6.45) is 1.72. The zero-order valence-electron chi connectivity index (χ0n) is 9.12. The minimum absolute atomic E-state index is 0.0358. The van der Waals surface area contributed by atoms with E-state index in [1.54, 1.807) is 18.2 Å². The molecule has 0 aromatic heterocycles. The van der Waals surface area contributed by atoms with E-state index in [9.17, 15) is 4.79 Å². The van der Waals surface area contributed by atoms with Crippen LogP contribution in [0.25, 0.3) is 0 Å². The van der Waals surface area contributed by atoms with Gasteiger partial charge in [-0.1, -0.05) is 18.2 Å². The SMILES string of the molecule is C=CCNC(=S)Nc1cccc(C(C)=O)c1. The van der Waals surface area contributed by atoms with Gasteiger partial charge < -0.3 is 10.6 Å². The van der Waals surface area contributed by atoms with Crippen molar-refractivity contribution >= 4 is 28.8 Å². The molecule has 3 nitrogen and oxygen atoms in total. The second kappa shape index (κ2) is 6.02. The maximum Gasteiger partial charge on any atom is 0.171 e. The standard InChI is InChI=1S/C12H14N2OS/c1-3-7-13-12(16)14-11-6-4-5-10(8-11)9(2)15/h3-6,8H,1,7H2,2H3,(H2,13,14,16). The van der Waals surface area contributed by atoms with Crippen molar-refractivity contribution in [1.82, 2.24) is 5.32 Å². The first-order valence-corrected chi connectivity index (χ1v) is 5.31. The van der Waals surface area contributed by atoms with Crippen LogP contribution in [0.2, 0.25) is 0 Å². The van der Waals surface area contributed by atoms with Gasteiger partial charge in [-0.3, -0.25) is 4.79 Å². The highest BCUT2D eigenvalue weighted by Crippen LogP contribution is 2.10. The second-order valence-corrected chi connectivity index (χ2v) is 3.67. The fraction of sp³-hybridized carbons (Fsp3) is 0.167. The van der Waals surface area contributed by atoms with Gasteiger partial charge in [-0.05, 0) is 31.3 Å². The van der Waals surface area contributed by atoms with Gasteiger partial charge in [-0.15, -0.1) is 6.58 Å². The molecule has 1 aromatic carbocycles. The van der Waals surface area contributed by atoms with Crippen molar-refractivity contribution in [2.75, 3.05) is 11.9 Å². The zero-order chi connectivity index (χ0) is 12.0. The lowest BCUT2D eigenvalue weighted by Gasteiger charge is -2.09. The first-order chi connectivity index (χ1) is 7.63. The summed E-state index contributed by atoms with van der Waals surface area (Å²) >= 11 is 5.06. The largest absolute Gasteiger partial charge is 0.359 e. The fourth-order valence-corrected chi connectivity index (χ4v) is 1.36. The summed E-state index contributed by atoms with van der Waals surface area (Å²) < 4.78 is 0. The Morgan fingerprint density at radius 3 is 2.94 bits per heavy atom. The van der Waals surface area contributed by atoms with E-state index in [-0.39, 0.29) is 5.78 Å². The molecule has 1 aromatic rings. The van der Waals surface area contributed by atoms with E-state index in [1.165, 1.54) is 6.92 Å². The van der Waals surface area contributed by atoms with Crippen LogP contribution in [-0.4, -0.2) is 17.4 Å². The number of thiocarbonyl (C=S) groups is 1. The van der Waals surface area contributed by atoms with Crippen LogP contribution in [0, 0.1) is 0 Å². The minimum atomic E-state index is 0.0358. The molecule has 0 unspecified atom stereocenters. The Kier molecular flexibility index (Phi) is 4.66. The van der Waals surface area contributed by atoms with E-state index in [1.807, 2.05) is 12.1 Å². The van der Waals surface area contributed by atoms with Gasteiger partial charge in [0.05, 0.1) is 0 Å². The molecule has 0 radical (unpaired) electrons. The van der Waals surface area contributed by atoms with Crippen LogP contribution in [0.5, 0.6) is 0 Å². The monoisotopic (exact) mass is 234 g/mol. The van der Waals surface area contributed by atoms with Crippen LogP contribution >= 0.6 is 12.2 Å². The van der Waals surface area contributed by atoms with Gasteiger partial charge >= 0.3 is 0 Å². The number of rotatable bonds is 4. The Balaban J connectivity index is 2.66. The molecule has 0 bridgehead atoms. The van der Waals surface area contributed by atoms with Crippen molar-refractivity contribution in [3.8, 4) is 0 Å². The van der Waals surface area contributed by atoms with Crippen LogP contribution in [0.15, 0.2) is 36.9 Å². The molecular formula is C12H14N2OS. The summed E-state index contributed by atoms with van der Waals surface area (Å²) in [6.45, 7) is 5.73. The Bertz CT molecular complexity index is 415. The molecule has 0 saturated carbocycles. The topological polar surface area (TPSA) is 41.1 Å². The Morgan fingerprint density at radius 1 is 1.56 bits per heavy atom. The number of nitrogens with one attached hydrogen (secondary N) is 2. The minimum Gasteiger partial charge on any atom is -0.359 e. The van der Waals surface area contributed by atoms with E-state index in [0.29, 0.717) is 17.2 Å². The van der Waals surface area contributed by atoms with Gasteiger partial charge in [0, 0.05) is 17.8 Å². The molecule has 0 aliphatic heterocycles. The Labute approximate surface area is 101 Å². The maximum atomic E-state index is 11.2. The molecule has 0 fully saturated rings. The molecule has 0 atom stereocenters. The number of carbonyl (C=O) groups excluding carboxylic acids is 1. The van der Waals surface area contributed by atoms with Crippen molar-refractivity contribution in [2.45, 2.75) is 6.92 Å². The summed E-state index contributed by atoms with van der Waals surface area (Å²) in [5.74, 6) is 0.0358. The van der Waals surface area contributed by atoms with Crippen LogP contribution in [0.1, 0.15) is 17.3 Å². The molecule has 0 spiro atoms. The third-order valence-corrected chi connectivity index (χ3v) is 2.18. The van der Waals surface area contributed by atoms with Gasteiger partial charge in [-0.2, -0.15) is 0 Å². The van der Waals surface area contributed by atoms with Crippen molar-refractivity contribution in [3.05, 3.63) is 42.5 Å². The smallest absolute Gasteiger partial charge is 0.171 e. The van der Waals surface area contributed by atoms with E-state index in [0.717, 1.165) is 5.69 Å². The summed E-state index contributed by atoms with van der Waals surface area (Å²) in [6, 6.07) is 7.21. The van der Waals surface area contributed by atoms with E-state index >= 15 is 0 Å². The Morgan fingerprint density at radius 2 is 2.31 bits per heavy atom. The quantitative estimate of drug-likeness (QED) is 0.477. The summed E-state index contributed by atoms with van der Waals surface area (Å²) in [7, 11) is 0. The van der Waals surface area contributed by atoms with Crippen molar-refractivity contribution in [2.24, 2.45) is 0 Å². The molecule has 16 heavy (non-hydrogen) atoms. The van der Waals surface area contributed by atoms with Gasteiger partial charge in [0.1, 0.15) is 0 Å². The van der Waals surface area contributed by atoms with Crippen LogP contribution in [0.4, 0.5) is 5.69 Å². The molecule has 1 rings (SSSR count). The molecular weight excluding hydrogens is 220 g/mol. The molecule has 0 heterocycles. The first kappa shape index (κ1) is 12.4. The second-order valence-electron chi connectivity index (χ2n) is 3.26. The molecule has 0 saturated heterocycles. The number of Topliss-reactive ketones (excluding diaryl/α,β-unsaturated/α-hetero) is 1. The zero-order valence-corrected chi connectivity index (χ0v) is 9.93. The highest BCUT2D eigenvalue weighted by molar-refractivity contribution is 7.80. The third kappa shape index (κ3) is 3.82. The number of ketones is 1. The highest BCUT2D eigenvalue weighted by Gasteiger charge is 2.01. The summed E-state index contributed by atoms with van der Waals surface area (Å²) in [4.78, 5) is 11.2. The predicted octanol–water partition coefficient (Wildman–Crippen LogP) is 2.36. The van der Waals surface area contributed by atoms with E-state index in [4.69, 9.17) is 12.2 Å². The lowest BCUT2D eigenvalue weighted by Crippen LogP contribution is -2.28. The third-order valence-electron chi connectivity index (χ3n) is 1.93. The molecule has 4 heteroatoms. The van der Waals surface area contributed by atoms with Gasteiger partial charge in [0.25, 0.3) is 0 Å². The lowest BCUT2D eigenvalue weighted by atomic mass is 10.1. The van der Waals surface area contributed by atoms with Crippen LogP contribution in [-0.2, 0) is 0 Å². The predicted molar refractivity (Wildman–Crippen MR) is 70.9 cm³/mol. The van der Waals surface area contributed by atoms with Gasteiger partial charge in [0.2, 0.25) is 0 Å². The van der Waals surface area contributed by atoms with Crippen molar-refractivity contribution in [3.63, 3.8) is 0 Å². The van der Waals surface area contributed by atoms with E-state index in [2.05, 4.69) is 17.2 Å². The first-order valence-electron chi connectivity index (χ1n) is 4.90. The van der Waals surface area contributed by atoms with Crippen molar-refractivity contribution in [1.29, 1.82) is 0 Å². The number of carbonyl (C=O) groups is 1. The fourth-order valence-electron chi connectivity index (χ4n) is 1.16. The molecule has 0 aliphatic carbocycles. The van der Waals surface area contributed by atoms with Crippen LogP contribution in [0.3, 0.4) is 0 Å². The van der Waals surface area contributed by atoms with Gasteiger partial charge in [-0.25, -0.2) is 0 Å². The van der Waals surface area contributed by atoms with Crippen LogP contribution < -0.4 is 10.6 Å². The average molecular weight is 234 g/mol. The summed E-state index contributed by atoms with van der Waals surface area (Å²) in [5.41, 5.74) is 1.46. The maximum absolute atomic E-state index is 11.2. The van der Waals surface area contributed by atoms with Gasteiger partial charge in [0.15, 0.2) is 10.9 Å². The van der Waals surface area contributed by atoms with E-state index < -0.39 is 0 Å². The molecule has 2 N–H and O–H groups in total. The molecule has 0 aliphatic rings. The average Bonchev–Trinajstić information content (AvgIpc) is 2.26. The lowest BCUT2D eigenvalue weighted by molar-refractivity contribution is 0.101. The summed E-state index contributed by atoms with van der Waals surface area (Å²) in [5, 5.41) is 6.45. The Hall–Kier alpha value is -1.68. The molecule has 0 amide bonds.